The minimum atomic E-state index is -0.839. The molecule has 0 spiro atoms. The van der Waals surface area contributed by atoms with E-state index in [1.54, 1.807) is 25.1 Å². The molecule has 5 nitrogen and oxygen atoms in total. The van der Waals surface area contributed by atoms with Gasteiger partial charge in [-0.15, -0.1) is 0 Å². The lowest BCUT2D eigenvalue weighted by atomic mass is 10.2. The highest BCUT2D eigenvalue weighted by molar-refractivity contribution is 6.35. The van der Waals surface area contributed by atoms with Crippen LogP contribution in [0.3, 0.4) is 0 Å². The monoisotopic (exact) mass is 386 g/mol. The van der Waals surface area contributed by atoms with Gasteiger partial charge in [-0.3, -0.25) is 4.79 Å². The number of aromatic hydroxyl groups is 1. The maximum atomic E-state index is 12.0. The van der Waals surface area contributed by atoms with E-state index in [2.05, 4.69) is 10.5 Å². The molecule has 8 heteroatoms. The third-order valence-electron chi connectivity index (χ3n) is 2.93. The van der Waals surface area contributed by atoms with E-state index in [0.29, 0.717) is 26.4 Å². The summed E-state index contributed by atoms with van der Waals surface area (Å²) in [5.41, 5.74) is 2.68. The van der Waals surface area contributed by atoms with Crippen LogP contribution in [0, 0.1) is 0 Å². The van der Waals surface area contributed by atoms with Crippen LogP contribution in [-0.2, 0) is 4.79 Å². The molecule has 0 aliphatic rings. The molecule has 1 amide bonds. The predicted molar refractivity (Wildman–Crippen MR) is 95.4 cm³/mol. The average molecular weight is 388 g/mol. The number of rotatable bonds is 5. The van der Waals surface area contributed by atoms with Crippen molar-refractivity contribution in [2.45, 2.75) is 13.0 Å². The molecule has 1 atom stereocenters. The standard InChI is InChI=1S/C16H13Cl3N2O3/c1-9(24-15-5-3-12(18)7-13(15)19)16(23)21-20-8-10-6-11(17)2-4-14(10)22/h2-9,22H,1H3,(H,21,23). The number of ether oxygens (including phenoxy) is 1. The Hall–Kier alpha value is -1.95. The highest BCUT2D eigenvalue weighted by atomic mass is 35.5. The van der Waals surface area contributed by atoms with Crippen LogP contribution in [-0.4, -0.2) is 23.3 Å². The molecule has 1 unspecified atom stereocenters. The van der Waals surface area contributed by atoms with Crippen molar-refractivity contribution in [3.63, 3.8) is 0 Å². The Bertz CT molecular complexity index is 781. The molecule has 0 bridgehead atoms. The van der Waals surface area contributed by atoms with E-state index in [1.165, 1.54) is 24.4 Å². The maximum absolute atomic E-state index is 12.0. The van der Waals surface area contributed by atoms with Gasteiger partial charge in [0.05, 0.1) is 11.2 Å². The van der Waals surface area contributed by atoms with Gasteiger partial charge in [0.2, 0.25) is 0 Å². The second-order valence-electron chi connectivity index (χ2n) is 4.77. The van der Waals surface area contributed by atoms with E-state index >= 15 is 0 Å². The predicted octanol–water partition coefficient (Wildman–Crippen LogP) is 4.27. The van der Waals surface area contributed by atoms with Crippen LogP contribution in [0.4, 0.5) is 0 Å². The SMILES string of the molecule is CC(Oc1ccc(Cl)cc1Cl)C(=O)NN=Cc1cc(Cl)ccc1O. The fourth-order valence-electron chi connectivity index (χ4n) is 1.70. The van der Waals surface area contributed by atoms with E-state index in [1.807, 2.05) is 0 Å². The largest absolute Gasteiger partial charge is 0.507 e. The highest BCUT2D eigenvalue weighted by Crippen LogP contribution is 2.28. The van der Waals surface area contributed by atoms with Gasteiger partial charge in [0.25, 0.3) is 5.91 Å². The number of nitrogens with one attached hydrogen (secondary N) is 1. The molecule has 2 aromatic rings. The average Bonchev–Trinajstić information content (AvgIpc) is 2.53. The topological polar surface area (TPSA) is 70.9 Å². The van der Waals surface area contributed by atoms with Crippen molar-refractivity contribution in [2.75, 3.05) is 0 Å². The molecule has 24 heavy (non-hydrogen) atoms. The number of hydrogen-bond donors (Lipinski definition) is 2. The molecule has 2 N–H and O–H groups in total. The lowest BCUT2D eigenvalue weighted by Gasteiger charge is -2.14. The minimum absolute atomic E-state index is 0.00496. The van der Waals surface area contributed by atoms with Gasteiger partial charge < -0.3 is 9.84 Å². The molecule has 2 aromatic carbocycles. The second kappa shape index (κ2) is 8.24. The van der Waals surface area contributed by atoms with Gasteiger partial charge in [-0.2, -0.15) is 5.10 Å². The summed E-state index contributed by atoms with van der Waals surface area (Å²) in [6, 6.07) is 9.18. The first-order valence-corrected chi connectivity index (χ1v) is 7.93. The molecule has 0 heterocycles. The lowest BCUT2D eigenvalue weighted by molar-refractivity contribution is -0.127. The molecule has 0 saturated carbocycles. The molecule has 0 saturated heterocycles. The fraction of sp³-hybridized carbons (Fsp3) is 0.125. The zero-order valence-corrected chi connectivity index (χ0v) is 14.7. The van der Waals surface area contributed by atoms with Gasteiger partial charge in [0.1, 0.15) is 11.5 Å². The van der Waals surface area contributed by atoms with Crippen molar-refractivity contribution in [1.29, 1.82) is 0 Å². The first-order chi connectivity index (χ1) is 11.4. The normalized spacial score (nSPS) is 12.2. The summed E-state index contributed by atoms with van der Waals surface area (Å²) in [6.45, 7) is 1.55. The molecular formula is C16H13Cl3N2O3. The Balaban J connectivity index is 1.96. The Morgan fingerprint density at radius 1 is 1.21 bits per heavy atom. The first kappa shape index (κ1) is 18.4. The number of carbonyl (C=O) groups excluding carboxylic acids is 1. The fourth-order valence-corrected chi connectivity index (χ4v) is 2.33. The molecule has 0 aliphatic carbocycles. The number of phenolic OH excluding ortho intramolecular Hbond substituents is 1. The molecule has 0 aromatic heterocycles. The van der Waals surface area contributed by atoms with Gasteiger partial charge in [-0.1, -0.05) is 34.8 Å². The molecule has 126 valence electrons. The number of halogens is 3. The Kier molecular flexibility index (Phi) is 6.31. The quantitative estimate of drug-likeness (QED) is 0.594. The van der Waals surface area contributed by atoms with Crippen molar-refractivity contribution in [2.24, 2.45) is 5.10 Å². The number of phenols is 1. The smallest absolute Gasteiger partial charge is 0.280 e. The van der Waals surface area contributed by atoms with Crippen LogP contribution >= 0.6 is 34.8 Å². The lowest BCUT2D eigenvalue weighted by Crippen LogP contribution is -2.33. The third kappa shape index (κ3) is 5.03. The van der Waals surface area contributed by atoms with Crippen LogP contribution in [0.2, 0.25) is 15.1 Å². The van der Waals surface area contributed by atoms with Crippen molar-refractivity contribution in [3.8, 4) is 11.5 Å². The van der Waals surface area contributed by atoms with Gasteiger partial charge in [0.15, 0.2) is 6.10 Å². The third-order valence-corrected chi connectivity index (χ3v) is 3.70. The van der Waals surface area contributed by atoms with Crippen LogP contribution in [0.15, 0.2) is 41.5 Å². The maximum Gasteiger partial charge on any atom is 0.280 e. The van der Waals surface area contributed by atoms with Crippen molar-refractivity contribution in [3.05, 3.63) is 57.0 Å². The van der Waals surface area contributed by atoms with Gasteiger partial charge in [-0.05, 0) is 43.3 Å². The molecule has 0 aliphatic heterocycles. The highest BCUT2D eigenvalue weighted by Gasteiger charge is 2.15. The van der Waals surface area contributed by atoms with Gasteiger partial charge >= 0.3 is 0 Å². The number of amides is 1. The van der Waals surface area contributed by atoms with Gasteiger partial charge in [0, 0.05) is 15.6 Å². The Morgan fingerprint density at radius 2 is 1.88 bits per heavy atom. The first-order valence-electron chi connectivity index (χ1n) is 6.80. The number of benzene rings is 2. The summed E-state index contributed by atoms with van der Waals surface area (Å²) >= 11 is 17.6. The second-order valence-corrected chi connectivity index (χ2v) is 6.05. The summed E-state index contributed by atoms with van der Waals surface area (Å²) in [6.07, 6.45) is 0.440. The molecule has 0 fully saturated rings. The zero-order valence-electron chi connectivity index (χ0n) is 12.5. The minimum Gasteiger partial charge on any atom is -0.507 e. The van der Waals surface area contributed by atoms with Crippen LogP contribution in [0.5, 0.6) is 11.5 Å². The van der Waals surface area contributed by atoms with E-state index in [0.717, 1.165) is 0 Å². The summed E-state index contributed by atoms with van der Waals surface area (Å²) in [5, 5.41) is 14.6. The molecule has 2 rings (SSSR count). The molecule has 0 radical (unpaired) electrons. The summed E-state index contributed by atoms with van der Waals surface area (Å²) in [5.74, 6) is -0.159. The van der Waals surface area contributed by atoms with Crippen LogP contribution in [0.25, 0.3) is 0 Å². The zero-order chi connectivity index (χ0) is 17.7. The Morgan fingerprint density at radius 3 is 2.58 bits per heavy atom. The van der Waals surface area contributed by atoms with Crippen LogP contribution < -0.4 is 10.2 Å². The summed E-state index contributed by atoms with van der Waals surface area (Å²) in [4.78, 5) is 12.0. The van der Waals surface area contributed by atoms with Crippen LogP contribution in [0.1, 0.15) is 12.5 Å². The van der Waals surface area contributed by atoms with Crippen molar-refractivity contribution < 1.29 is 14.6 Å². The van der Waals surface area contributed by atoms with E-state index in [-0.39, 0.29) is 5.75 Å². The number of carbonyl (C=O) groups is 1. The summed E-state index contributed by atoms with van der Waals surface area (Å²) in [7, 11) is 0. The number of hydrazone groups is 1. The van der Waals surface area contributed by atoms with E-state index < -0.39 is 12.0 Å². The Labute approximate surface area is 153 Å². The van der Waals surface area contributed by atoms with Crippen molar-refractivity contribution in [1.82, 2.24) is 5.43 Å². The number of nitrogens with zero attached hydrogens (tertiary/aromatic N) is 1. The van der Waals surface area contributed by atoms with Crippen molar-refractivity contribution >= 4 is 46.9 Å². The van der Waals surface area contributed by atoms with Gasteiger partial charge in [-0.25, -0.2) is 5.43 Å². The van der Waals surface area contributed by atoms with E-state index in [9.17, 15) is 9.90 Å². The number of hydrogen-bond acceptors (Lipinski definition) is 4. The van der Waals surface area contributed by atoms with E-state index in [4.69, 9.17) is 39.5 Å². The summed E-state index contributed by atoms with van der Waals surface area (Å²) < 4.78 is 5.46. The molecular weight excluding hydrogens is 375 g/mol.